The summed E-state index contributed by atoms with van der Waals surface area (Å²) in [5.41, 5.74) is 7.11. The quantitative estimate of drug-likeness (QED) is 0.798. The molecule has 0 unspecified atom stereocenters. The lowest BCUT2D eigenvalue weighted by Gasteiger charge is -2.08. The Morgan fingerprint density at radius 3 is 2.39 bits per heavy atom. The van der Waals surface area contributed by atoms with Crippen LogP contribution in [0.25, 0.3) is 0 Å². The Labute approximate surface area is 104 Å². The fourth-order valence-electron chi connectivity index (χ4n) is 1.33. The van der Waals surface area contributed by atoms with Gasteiger partial charge < -0.3 is 0 Å². The molecular formula is C13H10N4O. The van der Waals surface area contributed by atoms with Gasteiger partial charge in [-0.05, 0) is 36.4 Å². The van der Waals surface area contributed by atoms with Crippen LogP contribution in [-0.4, -0.2) is 10.9 Å². The summed E-state index contributed by atoms with van der Waals surface area (Å²) in [6.07, 6.45) is 3.10. The van der Waals surface area contributed by atoms with Gasteiger partial charge in [-0.25, -0.2) is 0 Å². The predicted octanol–water partition coefficient (Wildman–Crippen LogP) is 1.71. The molecule has 2 N–H and O–H groups in total. The highest BCUT2D eigenvalue weighted by Gasteiger charge is 2.03. The molecule has 0 aliphatic rings. The first-order valence-corrected chi connectivity index (χ1v) is 5.26. The Kier molecular flexibility index (Phi) is 3.52. The number of hydrazine groups is 1. The molecule has 0 atom stereocenters. The minimum atomic E-state index is -0.248. The normalized spacial score (nSPS) is 9.28. The predicted molar refractivity (Wildman–Crippen MR) is 66.5 cm³/mol. The van der Waals surface area contributed by atoms with Crippen molar-refractivity contribution in [1.82, 2.24) is 10.4 Å². The second-order valence-electron chi connectivity index (χ2n) is 3.50. The number of anilines is 1. The third-order valence-corrected chi connectivity index (χ3v) is 2.28. The van der Waals surface area contributed by atoms with E-state index in [1.54, 1.807) is 48.8 Å². The summed E-state index contributed by atoms with van der Waals surface area (Å²) >= 11 is 0. The Morgan fingerprint density at radius 2 is 1.78 bits per heavy atom. The molecule has 0 spiro atoms. The van der Waals surface area contributed by atoms with Crippen LogP contribution in [0.1, 0.15) is 15.9 Å². The Balaban J connectivity index is 1.95. The standard InChI is InChI=1S/C13H10N4O/c14-9-10-1-3-12(4-2-10)16-17-13(18)11-5-7-15-8-6-11/h1-8,16H,(H,17,18). The Morgan fingerprint density at radius 1 is 1.11 bits per heavy atom. The summed E-state index contributed by atoms with van der Waals surface area (Å²) in [5, 5.41) is 8.65. The van der Waals surface area contributed by atoms with E-state index in [0.29, 0.717) is 16.8 Å². The molecule has 2 rings (SSSR count). The number of nitriles is 1. The van der Waals surface area contributed by atoms with Crippen molar-refractivity contribution in [2.24, 2.45) is 0 Å². The number of benzene rings is 1. The molecule has 88 valence electrons. The van der Waals surface area contributed by atoms with Gasteiger partial charge in [0.2, 0.25) is 0 Å². The third kappa shape index (κ3) is 2.83. The third-order valence-electron chi connectivity index (χ3n) is 2.28. The van der Waals surface area contributed by atoms with Crippen LogP contribution in [0.4, 0.5) is 5.69 Å². The van der Waals surface area contributed by atoms with Gasteiger partial charge in [0.15, 0.2) is 0 Å². The number of pyridine rings is 1. The van der Waals surface area contributed by atoms with Crippen molar-refractivity contribution in [2.45, 2.75) is 0 Å². The van der Waals surface area contributed by atoms with E-state index in [4.69, 9.17) is 5.26 Å². The summed E-state index contributed by atoms with van der Waals surface area (Å²) in [6.45, 7) is 0. The van der Waals surface area contributed by atoms with Crippen LogP contribution in [0.5, 0.6) is 0 Å². The highest BCUT2D eigenvalue weighted by atomic mass is 16.2. The molecule has 1 aromatic heterocycles. The molecule has 1 aromatic carbocycles. The van der Waals surface area contributed by atoms with Crippen LogP contribution >= 0.6 is 0 Å². The minimum Gasteiger partial charge on any atom is -0.298 e. The van der Waals surface area contributed by atoms with E-state index in [1.807, 2.05) is 6.07 Å². The number of hydrogen-bond acceptors (Lipinski definition) is 4. The summed E-state index contributed by atoms with van der Waals surface area (Å²) in [5.74, 6) is -0.248. The van der Waals surface area contributed by atoms with Crippen LogP contribution in [0, 0.1) is 11.3 Å². The minimum absolute atomic E-state index is 0.248. The largest absolute Gasteiger partial charge is 0.298 e. The zero-order valence-corrected chi connectivity index (χ0v) is 9.42. The zero-order chi connectivity index (χ0) is 12.8. The average Bonchev–Trinajstić information content (AvgIpc) is 2.46. The number of amides is 1. The van der Waals surface area contributed by atoms with E-state index >= 15 is 0 Å². The van der Waals surface area contributed by atoms with Gasteiger partial charge in [0.05, 0.1) is 17.3 Å². The van der Waals surface area contributed by atoms with Gasteiger partial charge in [0, 0.05) is 18.0 Å². The van der Waals surface area contributed by atoms with Crippen molar-refractivity contribution in [2.75, 3.05) is 5.43 Å². The number of carbonyl (C=O) groups is 1. The van der Waals surface area contributed by atoms with Crippen molar-refractivity contribution in [3.05, 3.63) is 59.9 Å². The number of carbonyl (C=O) groups excluding carboxylic acids is 1. The van der Waals surface area contributed by atoms with Crippen molar-refractivity contribution < 1.29 is 4.79 Å². The zero-order valence-electron chi connectivity index (χ0n) is 9.42. The second-order valence-corrected chi connectivity index (χ2v) is 3.50. The van der Waals surface area contributed by atoms with Crippen LogP contribution < -0.4 is 10.9 Å². The topological polar surface area (TPSA) is 77.8 Å². The van der Waals surface area contributed by atoms with Crippen LogP contribution in [0.2, 0.25) is 0 Å². The van der Waals surface area contributed by atoms with Crippen molar-refractivity contribution in [3.63, 3.8) is 0 Å². The fraction of sp³-hybridized carbons (Fsp3) is 0. The highest BCUT2D eigenvalue weighted by molar-refractivity contribution is 5.94. The first-order chi connectivity index (χ1) is 8.79. The molecule has 2 aromatic rings. The van der Waals surface area contributed by atoms with E-state index in [2.05, 4.69) is 15.8 Å². The SMILES string of the molecule is N#Cc1ccc(NNC(=O)c2ccncc2)cc1. The van der Waals surface area contributed by atoms with Crippen molar-refractivity contribution in [3.8, 4) is 6.07 Å². The monoisotopic (exact) mass is 238 g/mol. The second kappa shape index (κ2) is 5.46. The van der Waals surface area contributed by atoms with E-state index in [9.17, 15) is 4.79 Å². The van der Waals surface area contributed by atoms with E-state index in [-0.39, 0.29) is 5.91 Å². The summed E-state index contributed by atoms with van der Waals surface area (Å²) in [7, 11) is 0. The maximum absolute atomic E-state index is 11.7. The van der Waals surface area contributed by atoms with Crippen LogP contribution in [0.3, 0.4) is 0 Å². The molecular weight excluding hydrogens is 228 g/mol. The van der Waals surface area contributed by atoms with E-state index in [1.165, 1.54) is 0 Å². The maximum Gasteiger partial charge on any atom is 0.269 e. The number of nitrogens with one attached hydrogen (secondary N) is 2. The first kappa shape index (κ1) is 11.6. The molecule has 0 radical (unpaired) electrons. The summed E-state index contributed by atoms with van der Waals surface area (Å²) in [6, 6.07) is 12.0. The van der Waals surface area contributed by atoms with Crippen molar-refractivity contribution in [1.29, 1.82) is 5.26 Å². The molecule has 1 heterocycles. The van der Waals surface area contributed by atoms with Crippen LogP contribution in [0.15, 0.2) is 48.8 Å². The smallest absolute Gasteiger partial charge is 0.269 e. The molecule has 0 bridgehead atoms. The number of nitrogens with zero attached hydrogens (tertiary/aromatic N) is 2. The van der Waals surface area contributed by atoms with Gasteiger partial charge in [-0.15, -0.1) is 0 Å². The van der Waals surface area contributed by atoms with E-state index in [0.717, 1.165) is 0 Å². The molecule has 0 aliphatic heterocycles. The van der Waals surface area contributed by atoms with Gasteiger partial charge in [-0.1, -0.05) is 0 Å². The number of hydrogen-bond donors (Lipinski definition) is 2. The Hall–Kier alpha value is -2.87. The molecule has 18 heavy (non-hydrogen) atoms. The van der Waals surface area contributed by atoms with Gasteiger partial charge >= 0.3 is 0 Å². The van der Waals surface area contributed by atoms with Gasteiger partial charge in [-0.2, -0.15) is 5.26 Å². The number of rotatable bonds is 3. The maximum atomic E-state index is 11.7. The van der Waals surface area contributed by atoms with Gasteiger partial charge in [-0.3, -0.25) is 20.6 Å². The summed E-state index contributed by atoms with van der Waals surface area (Å²) < 4.78 is 0. The Bertz CT molecular complexity index is 572. The van der Waals surface area contributed by atoms with Gasteiger partial charge in [0.1, 0.15) is 0 Å². The fourth-order valence-corrected chi connectivity index (χ4v) is 1.33. The molecule has 0 saturated heterocycles. The van der Waals surface area contributed by atoms with Gasteiger partial charge in [0.25, 0.3) is 5.91 Å². The molecule has 0 fully saturated rings. The lowest BCUT2D eigenvalue weighted by atomic mass is 10.2. The molecule has 0 aliphatic carbocycles. The molecule has 1 amide bonds. The highest BCUT2D eigenvalue weighted by Crippen LogP contribution is 2.07. The lowest BCUT2D eigenvalue weighted by Crippen LogP contribution is -2.29. The first-order valence-electron chi connectivity index (χ1n) is 5.26. The summed E-state index contributed by atoms with van der Waals surface area (Å²) in [4.78, 5) is 15.5. The molecule has 5 nitrogen and oxygen atoms in total. The van der Waals surface area contributed by atoms with Crippen LogP contribution in [-0.2, 0) is 0 Å². The molecule has 0 saturated carbocycles. The number of aromatic nitrogens is 1. The van der Waals surface area contributed by atoms with E-state index < -0.39 is 0 Å². The lowest BCUT2D eigenvalue weighted by molar-refractivity contribution is 0.0962. The van der Waals surface area contributed by atoms with Crippen molar-refractivity contribution >= 4 is 11.6 Å². The molecule has 5 heteroatoms. The average molecular weight is 238 g/mol.